The lowest BCUT2D eigenvalue weighted by molar-refractivity contribution is 0.491. The zero-order valence-corrected chi connectivity index (χ0v) is 10.9. The van der Waals surface area contributed by atoms with Gasteiger partial charge in [-0.3, -0.25) is 0 Å². The highest BCUT2D eigenvalue weighted by Crippen LogP contribution is 2.34. The van der Waals surface area contributed by atoms with Gasteiger partial charge in [0.25, 0.3) is 0 Å². The number of hydrogen-bond acceptors (Lipinski definition) is 0. The molecule has 0 amide bonds. The summed E-state index contributed by atoms with van der Waals surface area (Å²) in [5.41, 5.74) is 0. The Morgan fingerprint density at radius 2 is 0.750 bits per heavy atom. The molecule has 0 aromatic heterocycles. The molecular weight excluding hydrogens is 191 g/mol. The molecule has 0 atom stereocenters. The van der Waals surface area contributed by atoms with E-state index in [0.717, 1.165) is 11.6 Å². The van der Waals surface area contributed by atoms with Gasteiger partial charge >= 0.3 is 0 Å². The van der Waals surface area contributed by atoms with Crippen molar-refractivity contribution >= 4 is 7.28 Å². The maximum absolute atomic E-state index is 2.77. The van der Waals surface area contributed by atoms with Gasteiger partial charge < -0.3 is 0 Å². The van der Waals surface area contributed by atoms with Crippen molar-refractivity contribution in [3.8, 4) is 0 Å². The topological polar surface area (TPSA) is 0 Å². The summed E-state index contributed by atoms with van der Waals surface area (Å²) in [5.74, 6) is 1.96. The highest BCUT2D eigenvalue weighted by atomic mass is 14.1. The second-order valence-electron chi connectivity index (χ2n) is 6.05. The van der Waals surface area contributed by atoms with E-state index in [9.17, 15) is 0 Å². The lowest BCUT2D eigenvalue weighted by Crippen LogP contribution is -2.14. The second-order valence-corrected chi connectivity index (χ2v) is 6.05. The first-order valence-corrected chi connectivity index (χ1v) is 7.80. The number of hydrogen-bond donors (Lipinski definition) is 0. The highest BCUT2D eigenvalue weighted by Gasteiger charge is 2.20. The van der Waals surface area contributed by atoms with Gasteiger partial charge in [0.1, 0.15) is 7.28 Å². The van der Waals surface area contributed by atoms with Crippen molar-refractivity contribution in [2.75, 3.05) is 0 Å². The summed E-state index contributed by atoms with van der Waals surface area (Å²) in [6, 6.07) is 0. The first-order valence-electron chi connectivity index (χ1n) is 7.80. The minimum absolute atomic E-state index is 0.973. The molecule has 0 nitrogen and oxygen atoms in total. The van der Waals surface area contributed by atoms with Crippen LogP contribution in [0.5, 0.6) is 0 Å². The molecule has 0 aliphatic heterocycles. The summed E-state index contributed by atoms with van der Waals surface area (Å²) in [5, 5.41) is 0. The molecular formula is C15H28B. The average Bonchev–Trinajstić information content (AvgIpc) is 2.45. The molecule has 2 aliphatic rings. The van der Waals surface area contributed by atoms with Crippen LogP contribution in [0.3, 0.4) is 0 Å². The summed E-state index contributed by atoms with van der Waals surface area (Å²) < 4.78 is 0. The van der Waals surface area contributed by atoms with Gasteiger partial charge in [-0.1, -0.05) is 95.1 Å². The zero-order chi connectivity index (χ0) is 11.1. The zero-order valence-electron chi connectivity index (χ0n) is 10.9. The minimum Gasteiger partial charge on any atom is -0.0686 e. The Hall–Kier alpha value is 0.0649. The van der Waals surface area contributed by atoms with Crippen molar-refractivity contribution in [1.82, 2.24) is 0 Å². The third-order valence-corrected chi connectivity index (χ3v) is 4.59. The molecule has 0 aromatic carbocycles. The van der Waals surface area contributed by atoms with Gasteiger partial charge in [0.15, 0.2) is 0 Å². The quantitative estimate of drug-likeness (QED) is 0.548. The van der Waals surface area contributed by atoms with E-state index in [1.165, 1.54) is 83.5 Å². The van der Waals surface area contributed by atoms with Crippen molar-refractivity contribution in [3.63, 3.8) is 0 Å². The molecule has 2 rings (SSSR count). The van der Waals surface area contributed by atoms with Crippen molar-refractivity contribution in [2.45, 2.75) is 95.1 Å². The second kappa shape index (κ2) is 7.40. The van der Waals surface area contributed by atoms with E-state index in [4.69, 9.17) is 0 Å². The molecule has 16 heavy (non-hydrogen) atoms. The molecule has 2 fully saturated rings. The monoisotopic (exact) mass is 219 g/mol. The molecule has 0 unspecified atom stereocenters. The van der Waals surface area contributed by atoms with Crippen LogP contribution in [-0.2, 0) is 0 Å². The maximum atomic E-state index is 2.77. The lowest BCUT2D eigenvalue weighted by Gasteiger charge is -2.25. The van der Waals surface area contributed by atoms with E-state index in [-0.39, 0.29) is 0 Å². The van der Waals surface area contributed by atoms with Crippen LogP contribution >= 0.6 is 0 Å². The normalized spacial score (nSPS) is 26.8. The van der Waals surface area contributed by atoms with E-state index < -0.39 is 0 Å². The Morgan fingerprint density at radius 1 is 0.438 bits per heavy atom. The standard InChI is InChI=1S/C15H28B/c1-2-4-7-11-14(10-6-3-1)16-15-12-8-5-9-13-15/h14-15H,1-13H2. The molecule has 0 bridgehead atoms. The Morgan fingerprint density at radius 3 is 1.19 bits per heavy atom. The number of rotatable bonds is 2. The molecule has 2 aliphatic carbocycles. The van der Waals surface area contributed by atoms with E-state index in [1.54, 1.807) is 0 Å². The average molecular weight is 219 g/mol. The molecule has 0 spiro atoms. The molecule has 0 saturated heterocycles. The van der Waals surface area contributed by atoms with Crippen LogP contribution in [0.2, 0.25) is 11.6 Å². The highest BCUT2D eigenvalue weighted by molar-refractivity contribution is 6.39. The molecule has 91 valence electrons. The van der Waals surface area contributed by atoms with Gasteiger partial charge in [0.05, 0.1) is 0 Å². The summed E-state index contributed by atoms with van der Waals surface area (Å²) in [6.07, 6.45) is 19.4. The van der Waals surface area contributed by atoms with E-state index >= 15 is 0 Å². The van der Waals surface area contributed by atoms with Crippen LogP contribution in [0, 0.1) is 0 Å². The predicted molar refractivity (Wildman–Crippen MR) is 73.3 cm³/mol. The van der Waals surface area contributed by atoms with Gasteiger partial charge in [0.2, 0.25) is 0 Å². The summed E-state index contributed by atoms with van der Waals surface area (Å²) >= 11 is 0. The molecule has 2 saturated carbocycles. The first kappa shape index (κ1) is 12.5. The Labute approximate surface area is 103 Å². The third kappa shape index (κ3) is 4.51. The van der Waals surface area contributed by atoms with Crippen LogP contribution in [0.15, 0.2) is 0 Å². The van der Waals surface area contributed by atoms with Crippen LogP contribution < -0.4 is 0 Å². The fraction of sp³-hybridized carbons (Fsp3) is 1.00. The van der Waals surface area contributed by atoms with Gasteiger partial charge in [-0.15, -0.1) is 0 Å². The van der Waals surface area contributed by atoms with Crippen molar-refractivity contribution in [2.24, 2.45) is 0 Å². The summed E-state index contributed by atoms with van der Waals surface area (Å²) in [7, 11) is 2.77. The van der Waals surface area contributed by atoms with E-state index in [0.29, 0.717) is 0 Å². The fourth-order valence-electron chi connectivity index (χ4n) is 3.57. The summed E-state index contributed by atoms with van der Waals surface area (Å²) in [4.78, 5) is 0. The fourth-order valence-corrected chi connectivity index (χ4v) is 3.57. The van der Waals surface area contributed by atoms with Gasteiger partial charge in [-0.2, -0.15) is 0 Å². The Balaban J connectivity index is 1.71. The predicted octanol–water partition coefficient (Wildman–Crippen LogP) is 5.37. The Kier molecular flexibility index (Phi) is 5.79. The minimum atomic E-state index is 0.973. The van der Waals surface area contributed by atoms with Crippen LogP contribution in [0.25, 0.3) is 0 Å². The van der Waals surface area contributed by atoms with Crippen LogP contribution in [-0.4, -0.2) is 7.28 Å². The van der Waals surface area contributed by atoms with E-state index in [1.807, 2.05) is 0 Å². The molecule has 1 radical (unpaired) electrons. The van der Waals surface area contributed by atoms with Gasteiger partial charge in [0, 0.05) is 0 Å². The van der Waals surface area contributed by atoms with Crippen LogP contribution in [0.1, 0.15) is 83.5 Å². The molecule has 0 aromatic rings. The van der Waals surface area contributed by atoms with E-state index in [2.05, 4.69) is 7.28 Å². The smallest absolute Gasteiger partial charge is 0.0686 e. The van der Waals surface area contributed by atoms with Gasteiger partial charge in [-0.25, -0.2) is 0 Å². The maximum Gasteiger partial charge on any atom is 0.117 e. The first-order chi connectivity index (χ1) is 7.95. The van der Waals surface area contributed by atoms with Crippen molar-refractivity contribution in [3.05, 3.63) is 0 Å². The SMILES string of the molecule is [B](C1CCCCCCCC1)C1CCCCC1. The molecule has 0 N–H and O–H groups in total. The molecule has 1 heteroatoms. The Bertz CT molecular complexity index is 162. The largest absolute Gasteiger partial charge is 0.117 e. The summed E-state index contributed by atoms with van der Waals surface area (Å²) in [6.45, 7) is 0. The molecule has 0 heterocycles. The van der Waals surface area contributed by atoms with Crippen LogP contribution in [0.4, 0.5) is 0 Å². The van der Waals surface area contributed by atoms with Crippen molar-refractivity contribution in [1.29, 1.82) is 0 Å². The van der Waals surface area contributed by atoms with Crippen molar-refractivity contribution < 1.29 is 0 Å². The third-order valence-electron chi connectivity index (χ3n) is 4.59. The van der Waals surface area contributed by atoms with Gasteiger partial charge in [-0.05, 0) is 0 Å². The lowest BCUT2D eigenvalue weighted by atomic mass is 9.49.